The van der Waals surface area contributed by atoms with E-state index in [1.807, 2.05) is 18.2 Å². The number of hydrogen-bond donors (Lipinski definition) is 1. The van der Waals surface area contributed by atoms with E-state index < -0.39 is 5.60 Å². The molecule has 1 N–H and O–H groups in total. The van der Waals surface area contributed by atoms with Crippen molar-refractivity contribution < 1.29 is 5.11 Å². The number of benzene rings is 1. The average molecular weight is 260 g/mol. The number of rotatable bonds is 1. The fraction of sp³-hybridized carbons (Fsp3) is 0.667. The number of hydrogen-bond acceptors (Lipinski definition) is 1. The van der Waals surface area contributed by atoms with Gasteiger partial charge in [-0.15, -0.1) is 0 Å². The fourth-order valence-electron chi connectivity index (χ4n) is 3.23. The van der Waals surface area contributed by atoms with Crippen LogP contribution in [0.15, 0.2) is 30.3 Å². The maximum atomic E-state index is 11.0. The molecule has 0 amide bonds. The van der Waals surface area contributed by atoms with Gasteiger partial charge >= 0.3 is 0 Å². The van der Waals surface area contributed by atoms with Crippen molar-refractivity contribution in [2.45, 2.75) is 76.2 Å². The van der Waals surface area contributed by atoms with E-state index in [0.717, 1.165) is 31.2 Å². The van der Waals surface area contributed by atoms with Crippen LogP contribution in [0.5, 0.6) is 0 Å². The van der Waals surface area contributed by atoms with Crippen LogP contribution in [0.3, 0.4) is 0 Å². The molecule has 0 heterocycles. The summed E-state index contributed by atoms with van der Waals surface area (Å²) in [6.07, 6.45) is 13.6. The minimum Gasteiger partial charge on any atom is -0.385 e. The Morgan fingerprint density at radius 2 is 1.05 bits per heavy atom. The molecule has 2 rings (SSSR count). The molecule has 1 heteroatoms. The van der Waals surface area contributed by atoms with Gasteiger partial charge in [0, 0.05) is 0 Å². The van der Waals surface area contributed by atoms with Gasteiger partial charge < -0.3 is 5.11 Å². The molecule has 1 saturated carbocycles. The Hall–Kier alpha value is -0.820. The molecule has 0 atom stereocenters. The lowest BCUT2D eigenvalue weighted by atomic mass is 9.83. The second kappa shape index (κ2) is 7.69. The van der Waals surface area contributed by atoms with Crippen LogP contribution in [-0.4, -0.2) is 5.11 Å². The molecule has 0 unspecified atom stereocenters. The Morgan fingerprint density at radius 1 is 0.632 bits per heavy atom. The Balaban J connectivity index is 2.01. The minimum absolute atomic E-state index is 0.583. The number of aliphatic hydroxyl groups is 1. The van der Waals surface area contributed by atoms with E-state index in [1.54, 1.807) is 0 Å². The quantitative estimate of drug-likeness (QED) is 0.737. The maximum absolute atomic E-state index is 11.0. The van der Waals surface area contributed by atoms with Gasteiger partial charge in [0.1, 0.15) is 0 Å². The zero-order chi connectivity index (χ0) is 13.4. The SMILES string of the molecule is OC1(c2ccccc2)CCCCCCCCCCC1. The lowest BCUT2D eigenvalue weighted by Crippen LogP contribution is -2.25. The van der Waals surface area contributed by atoms with E-state index in [-0.39, 0.29) is 0 Å². The van der Waals surface area contributed by atoms with E-state index in [9.17, 15) is 5.11 Å². The van der Waals surface area contributed by atoms with Crippen molar-refractivity contribution in [2.75, 3.05) is 0 Å². The summed E-state index contributed by atoms with van der Waals surface area (Å²) < 4.78 is 0. The van der Waals surface area contributed by atoms with Gasteiger partial charge in [-0.1, -0.05) is 88.1 Å². The van der Waals surface area contributed by atoms with Gasteiger partial charge in [-0.05, 0) is 18.4 Å². The van der Waals surface area contributed by atoms with Crippen molar-refractivity contribution in [3.05, 3.63) is 35.9 Å². The topological polar surface area (TPSA) is 20.2 Å². The first-order valence-corrected chi connectivity index (χ1v) is 8.09. The largest absolute Gasteiger partial charge is 0.385 e. The van der Waals surface area contributed by atoms with Gasteiger partial charge in [0.05, 0.1) is 5.60 Å². The molecule has 0 bridgehead atoms. The van der Waals surface area contributed by atoms with Crippen LogP contribution in [0.4, 0.5) is 0 Å². The van der Waals surface area contributed by atoms with E-state index in [2.05, 4.69) is 12.1 Å². The summed E-state index contributed by atoms with van der Waals surface area (Å²) in [5.41, 5.74) is 0.535. The molecule has 0 saturated heterocycles. The molecule has 0 aromatic heterocycles. The normalized spacial score (nSPS) is 22.2. The molecule has 1 fully saturated rings. The minimum atomic E-state index is -0.583. The zero-order valence-electron chi connectivity index (χ0n) is 12.1. The van der Waals surface area contributed by atoms with Crippen LogP contribution in [0.2, 0.25) is 0 Å². The molecule has 1 aromatic carbocycles. The highest BCUT2D eigenvalue weighted by Gasteiger charge is 2.27. The highest BCUT2D eigenvalue weighted by Crippen LogP contribution is 2.33. The Morgan fingerprint density at radius 3 is 1.53 bits per heavy atom. The van der Waals surface area contributed by atoms with Gasteiger partial charge in [-0.2, -0.15) is 0 Å². The molecule has 0 radical (unpaired) electrons. The highest BCUT2D eigenvalue weighted by atomic mass is 16.3. The van der Waals surface area contributed by atoms with Crippen molar-refractivity contribution in [3.63, 3.8) is 0 Å². The van der Waals surface area contributed by atoms with Gasteiger partial charge in [-0.25, -0.2) is 0 Å². The summed E-state index contributed by atoms with van der Waals surface area (Å²) in [5.74, 6) is 0. The Labute approximate surface area is 118 Å². The first kappa shape index (κ1) is 14.6. The third kappa shape index (κ3) is 4.65. The Bertz CT molecular complexity index is 332. The van der Waals surface area contributed by atoms with E-state index in [4.69, 9.17) is 0 Å². The molecule has 1 nitrogen and oxygen atoms in total. The van der Waals surface area contributed by atoms with Gasteiger partial charge in [0.2, 0.25) is 0 Å². The van der Waals surface area contributed by atoms with E-state index >= 15 is 0 Å². The molecule has 106 valence electrons. The van der Waals surface area contributed by atoms with Crippen LogP contribution >= 0.6 is 0 Å². The van der Waals surface area contributed by atoms with Crippen LogP contribution in [0.25, 0.3) is 0 Å². The average Bonchev–Trinajstić information content (AvgIpc) is 2.44. The second-order valence-corrected chi connectivity index (χ2v) is 6.08. The van der Waals surface area contributed by atoms with Gasteiger partial charge in [0.25, 0.3) is 0 Å². The first-order chi connectivity index (χ1) is 9.31. The summed E-state index contributed by atoms with van der Waals surface area (Å²) in [6.45, 7) is 0. The summed E-state index contributed by atoms with van der Waals surface area (Å²) in [5, 5.41) is 11.0. The van der Waals surface area contributed by atoms with Crippen molar-refractivity contribution in [1.29, 1.82) is 0 Å². The lowest BCUT2D eigenvalue weighted by Gasteiger charge is -2.29. The van der Waals surface area contributed by atoms with Crippen LogP contribution < -0.4 is 0 Å². The summed E-state index contributed by atoms with van der Waals surface area (Å²) in [7, 11) is 0. The standard InChI is InChI=1S/C18H28O/c19-18(17-13-9-8-10-14-17)15-11-6-4-2-1-3-5-7-12-16-18/h8-10,13-14,19H,1-7,11-12,15-16H2. The monoisotopic (exact) mass is 260 g/mol. The lowest BCUT2D eigenvalue weighted by molar-refractivity contribution is 0.0130. The van der Waals surface area contributed by atoms with Gasteiger partial charge in [-0.3, -0.25) is 0 Å². The fourth-order valence-corrected chi connectivity index (χ4v) is 3.23. The smallest absolute Gasteiger partial charge is 0.0896 e. The molecule has 19 heavy (non-hydrogen) atoms. The molecule has 0 spiro atoms. The van der Waals surface area contributed by atoms with Crippen molar-refractivity contribution in [3.8, 4) is 0 Å². The second-order valence-electron chi connectivity index (χ2n) is 6.08. The maximum Gasteiger partial charge on any atom is 0.0896 e. The van der Waals surface area contributed by atoms with Gasteiger partial charge in [0.15, 0.2) is 0 Å². The van der Waals surface area contributed by atoms with E-state index in [0.29, 0.717) is 0 Å². The van der Waals surface area contributed by atoms with Crippen LogP contribution in [-0.2, 0) is 5.60 Å². The molecule has 0 aliphatic heterocycles. The van der Waals surface area contributed by atoms with Crippen molar-refractivity contribution >= 4 is 0 Å². The summed E-state index contributed by atoms with van der Waals surface area (Å²) in [4.78, 5) is 0. The van der Waals surface area contributed by atoms with Crippen molar-refractivity contribution in [1.82, 2.24) is 0 Å². The van der Waals surface area contributed by atoms with Crippen LogP contribution in [0.1, 0.15) is 76.2 Å². The zero-order valence-corrected chi connectivity index (χ0v) is 12.1. The first-order valence-electron chi connectivity index (χ1n) is 8.09. The summed E-state index contributed by atoms with van der Waals surface area (Å²) in [6, 6.07) is 10.3. The predicted molar refractivity (Wildman–Crippen MR) is 81.1 cm³/mol. The van der Waals surface area contributed by atoms with Crippen molar-refractivity contribution in [2.24, 2.45) is 0 Å². The van der Waals surface area contributed by atoms with Crippen LogP contribution in [0, 0.1) is 0 Å². The molecule has 1 aliphatic rings. The highest BCUT2D eigenvalue weighted by molar-refractivity contribution is 5.22. The Kier molecular flexibility index (Phi) is 5.91. The third-order valence-corrected chi connectivity index (χ3v) is 4.49. The molecular weight excluding hydrogens is 232 g/mol. The predicted octanol–water partition coefficient (Wildman–Crippen LogP) is 5.18. The van der Waals surface area contributed by atoms with E-state index in [1.165, 1.54) is 44.9 Å². The molecular formula is C18H28O. The molecule has 1 aliphatic carbocycles. The third-order valence-electron chi connectivity index (χ3n) is 4.49. The summed E-state index contributed by atoms with van der Waals surface area (Å²) >= 11 is 0. The molecule has 1 aromatic rings.